The third-order valence-electron chi connectivity index (χ3n) is 5.57. The number of ether oxygens (including phenoxy) is 1. The van der Waals surface area contributed by atoms with Gasteiger partial charge in [0.1, 0.15) is 0 Å². The molecule has 4 rings (SSSR count). The molecule has 0 bridgehead atoms. The molecule has 0 aliphatic heterocycles. The van der Waals surface area contributed by atoms with E-state index < -0.39 is 0 Å². The molecule has 0 N–H and O–H groups in total. The molecule has 0 aliphatic carbocycles. The van der Waals surface area contributed by atoms with Crippen LogP contribution in [-0.4, -0.2) is 36.8 Å². The Morgan fingerprint density at radius 2 is 1.83 bits per heavy atom. The first-order valence-corrected chi connectivity index (χ1v) is 9.57. The number of fused-ring (bicyclic) bond motifs is 3. The minimum atomic E-state index is -0.373. The van der Waals surface area contributed by atoms with E-state index in [-0.39, 0.29) is 17.8 Å². The number of hydrogen-bond acceptors (Lipinski definition) is 4. The average Bonchev–Trinajstić information content (AvgIpc) is 3.19. The predicted molar refractivity (Wildman–Crippen MR) is 112 cm³/mol. The van der Waals surface area contributed by atoms with Gasteiger partial charge in [-0.2, -0.15) is 4.98 Å². The number of hydrogen-bond donors (Lipinski definition) is 0. The molecule has 0 spiro atoms. The van der Waals surface area contributed by atoms with Crippen molar-refractivity contribution < 1.29 is 4.74 Å². The van der Waals surface area contributed by atoms with Crippen molar-refractivity contribution in [3.05, 3.63) is 67.6 Å². The fourth-order valence-electron chi connectivity index (χ4n) is 3.90. The van der Waals surface area contributed by atoms with Gasteiger partial charge >= 0.3 is 5.69 Å². The van der Waals surface area contributed by atoms with Crippen LogP contribution in [-0.2, 0) is 24.9 Å². The molecular formula is C21H25N5O3. The van der Waals surface area contributed by atoms with Crippen molar-refractivity contribution in [2.45, 2.75) is 33.9 Å². The lowest BCUT2D eigenvalue weighted by atomic mass is 10.1. The minimum absolute atomic E-state index is 0.221. The van der Waals surface area contributed by atoms with Crippen molar-refractivity contribution in [3.8, 4) is 0 Å². The second kappa shape index (κ2) is 7.04. The smallest absolute Gasteiger partial charge is 0.332 e. The summed E-state index contributed by atoms with van der Waals surface area (Å²) in [5, 5.41) is 0. The van der Waals surface area contributed by atoms with Crippen molar-refractivity contribution in [1.29, 1.82) is 0 Å². The highest BCUT2D eigenvalue weighted by molar-refractivity contribution is 5.76. The lowest BCUT2D eigenvalue weighted by molar-refractivity contribution is 0.187. The van der Waals surface area contributed by atoms with Gasteiger partial charge in [-0.3, -0.25) is 18.3 Å². The van der Waals surface area contributed by atoms with E-state index in [4.69, 9.17) is 4.74 Å². The minimum Gasteiger partial charge on any atom is -0.383 e. The van der Waals surface area contributed by atoms with Gasteiger partial charge in [-0.25, -0.2) is 4.79 Å². The lowest BCUT2D eigenvalue weighted by Gasteiger charge is -2.09. The third-order valence-corrected chi connectivity index (χ3v) is 5.57. The summed E-state index contributed by atoms with van der Waals surface area (Å²) in [6.07, 6.45) is 0. The number of methoxy groups -OCH3 is 1. The van der Waals surface area contributed by atoms with E-state index >= 15 is 0 Å². The monoisotopic (exact) mass is 395 g/mol. The predicted octanol–water partition coefficient (Wildman–Crippen LogP) is 1.77. The maximum Gasteiger partial charge on any atom is 0.332 e. The van der Waals surface area contributed by atoms with Gasteiger partial charge in [0.25, 0.3) is 5.56 Å². The Bertz CT molecular complexity index is 1350. The molecule has 0 saturated carbocycles. The van der Waals surface area contributed by atoms with Crippen LogP contribution in [0.4, 0.5) is 0 Å². The molecule has 0 fully saturated rings. The van der Waals surface area contributed by atoms with Crippen LogP contribution < -0.4 is 11.2 Å². The van der Waals surface area contributed by atoms with Gasteiger partial charge in [-0.1, -0.05) is 29.8 Å². The Balaban J connectivity index is 2.02. The quantitative estimate of drug-likeness (QED) is 0.516. The molecule has 3 heterocycles. The molecule has 4 aromatic rings. The van der Waals surface area contributed by atoms with Crippen LogP contribution in [0.2, 0.25) is 0 Å². The molecule has 0 saturated heterocycles. The van der Waals surface area contributed by atoms with Crippen molar-refractivity contribution >= 4 is 16.9 Å². The molecule has 0 unspecified atom stereocenters. The summed E-state index contributed by atoms with van der Waals surface area (Å²) >= 11 is 0. The van der Waals surface area contributed by atoms with Gasteiger partial charge in [0, 0.05) is 32.1 Å². The first-order chi connectivity index (χ1) is 13.8. The Morgan fingerprint density at radius 3 is 2.52 bits per heavy atom. The maximum absolute atomic E-state index is 13.4. The average molecular weight is 395 g/mol. The number of nitrogens with zero attached hydrogens (tertiary/aromatic N) is 5. The van der Waals surface area contributed by atoms with Crippen LogP contribution >= 0.6 is 0 Å². The highest BCUT2D eigenvalue weighted by Gasteiger charge is 2.22. The molecule has 0 aliphatic rings. The van der Waals surface area contributed by atoms with E-state index in [9.17, 15) is 9.59 Å². The van der Waals surface area contributed by atoms with Crippen molar-refractivity contribution in [1.82, 2.24) is 23.1 Å². The number of aryl methyl sites for hydroxylation is 3. The zero-order valence-electron chi connectivity index (χ0n) is 17.4. The molecular weight excluding hydrogens is 370 g/mol. The summed E-state index contributed by atoms with van der Waals surface area (Å²) in [7, 11) is 3.31. The third kappa shape index (κ3) is 2.91. The first-order valence-electron chi connectivity index (χ1n) is 9.57. The largest absolute Gasteiger partial charge is 0.383 e. The second-order valence-corrected chi connectivity index (χ2v) is 7.46. The van der Waals surface area contributed by atoms with Gasteiger partial charge in [0.15, 0.2) is 11.2 Å². The Hall–Kier alpha value is -3.13. The molecule has 0 atom stereocenters. The van der Waals surface area contributed by atoms with E-state index in [2.05, 4.69) is 4.98 Å². The molecule has 8 nitrogen and oxygen atoms in total. The van der Waals surface area contributed by atoms with Crippen molar-refractivity contribution in [2.24, 2.45) is 7.05 Å². The summed E-state index contributed by atoms with van der Waals surface area (Å²) < 4.78 is 11.8. The van der Waals surface area contributed by atoms with Gasteiger partial charge < -0.3 is 9.30 Å². The number of rotatable bonds is 5. The van der Waals surface area contributed by atoms with E-state index in [0.29, 0.717) is 30.1 Å². The van der Waals surface area contributed by atoms with Crippen LogP contribution in [0.25, 0.3) is 16.9 Å². The number of aromatic nitrogens is 5. The summed E-state index contributed by atoms with van der Waals surface area (Å²) in [5.41, 5.74) is 4.06. The Kier molecular flexibility index (Phi) is 4.66. The van der Waals surface area contributed by atoms with Crippen LogP contribution in [0.1, 0.15) is 22.5 Å². The van der Waals surface area contributed by atoms with Gasteiger partial charge in [-0.05, 0) is 26.3 Å². The molecule has 152 valence electrons. The van der Waals surface area contributed by atoms with E-state index in [1.165, 1.54) is 9.13 Å². The van der Waals surface area contributed by atoms with E-state index in [0.717, 1.165) is 22.5 Å². The molecule has 8 heteroatoms. The lowest BCUT2D eigenvalue weighted by Crippen LogP contribution is -2.39. The standard InChI is InChI=1S/C21H25N5O3/c1-13-7-6-8-16(11-13)12-25-19(27)17-18(23(4)21(25)28)22-20-24(9-10-29-5)14(2)15(3)26(17)20/h6-8,11H,9-10,12H2,1-5H3. The van der Waals surface area contributed by atoms with Gasteiger partial charge in [-0.15, -0.1) is 0 Å². The zero-order chi connectivity index (χ0) is 20.9. The van der Waals surface area contributed by atoms with Crippen LogP contribution in [0.15, 0.2) is 33.9 Å². The summed E-state index contributed by atoms with van der Waals surface area (Å²) in [6, 6.07) is 7.83. The summed E-state index contributed by atoms with van der Waals surface area (Å²) in [5.74, 6) is 0.646. The Labute approximate surface area is 167 Å². The van der Waals surface area contributed by atoms with Crippen LogP contribution in [0.5, 0.6) is 0 Å². The molecule has 29 heavy (non-hydrogen) atoms. The van der Waals surface area contributed by atoms with E-state index in [1.54, 1.807) is 14.2 Å². The molecule has 3 aromatic heterocycles. The second-order valence-electron chi connectivity index (χ2n) is 7.46. The SMILES string of the molecule is COCCn1c(C)c(C)n2c3c(=O)n(Cc4cccc(C)c4)c(=O)n(C)c3nc12. The van der Waals surface area contributed by atoms with Crippen LogP contribution in [0, 0.1) is 20.8 Å². The fraction of sp³-hybridized carbons (Fsp3) is 0.381. The Morgan fingerprint density at radius 1 is 1.07 bits per heavy atom. The summed E-state index contributed by atoms with van der Waals surface area (Å²) in [6.45, 7) is 7.32. The van der Waals surface area contributed by atoms with Crippen LogP contribution in [0.3, 0.4) is 0 Å². The highest BCUT2D eigenvalue weighted by atomic mass is 16.5. The van der Waals surface area contributed by atoms with Crippen molar-refractivity contribution in [2.75, 3.05) is 13.7 Å². The molecule has 0 amide bonds. The van der Waals surface area contributed by atoms with Crippen molar-refractivity contribution in [3.63, 3.8) is 0 Å². The van der Waals surface area contributed by atoms with Gasteiger partial charge in [0.2, 0.25) is 5.78 Å². The summed E-state index contributed by atoms with van der Waals surface area (Å²) in [4.78, 5) is 31.0. The van der Waals surface area contributed by atoms with Gasteiger partial charge in [0.05, 0.1) is 13.2 Å². The molecule has 0 radical (unpaired) electrons. The first kappa shape index (κ1) is 19.2. The van der Waals surface area contributed by atoms with E-state index in [1.807, 2.05) is 54.0 Å². The fourth-order valence-corrected chi connectivity index (χ4v) is 3.90. The topological polar surface area (TPSA) is 75.5 Å². The highest BCUT2D eigenvalue weighted by Crippen LogP contribution is 2.20. The number of imidazole rings is 2. The molecule has 1 aromatic carbocycles. The normalized spacial score (nSPS) is 11.8. The zero-order valence-corrected chi connectivity index (χ0v) is 17.4. The maximum atomic E-state index is 13.4. The number of benzene rings is 1.